The molecule has 0 aromatic carbocycles. The van der Waals surface area contributed by atoms with E-state index in [1.165, 1.54) is 0 Å². The average Bonchev–Trinajstić information content (AvgIpc) is 2.31. The van der Waals surface area contributed by atoms with E-state index in [1.54, 1.807) is 0 Å². The van der Waals surface area contributed by atoms with Gasteiger partial charge in [-0.2, -0.15) is 0 Å². The summed E-state index contributed by atoms with van der Waals surface area (Å²) in [6.45, 7) is 7.30. The van der Waals surface area contributed by atoms with Gasteiger partial charge in [0.25, 0.3) is 0 Å². The van der Waals surface area contributed by atoms with Crippen molar-refractivity contribution in [3.05, 3.63) is 0 Å². The van der Waals surface area contributed by atoms with Crippen LogP contribution in [-0.4, -0.2) is 38.5 Å². The van der Waals surface area contributed by atoms with Crippen LogP contribution in [0.5, 0.6) is 0 Å². The maximum atomic E-state index is 11.2. The van der Waals surface area contributed by atoms with Gasteiger partial charge >= 0.3 is 5.97 Å². The van der Waals surface area contributed by atoms with E-state index in [-0.39, 0.29) is 12.0 Å². The van der Waals surface area contributed by atoms with Gasteiger partial charge in [0.1, 0.15) is 14.3 Å². The molecule has 0 saturated carbocycles. The number of ether oxygens (including phenoxy) is 1. The van der Waals surface area contributed by atoms with Gasteiger partial charge in [0.05, 0.1) is 6.61 Å². The predicted octanol–water partition coefficient (Wildman–Crippen LogP) is 1.07. The van der Waals surface area contributed by atoms with E-state index >= 15 is 0 Å². The first kappa shape index (κ1) is 9.73. The van der Waals surface area contributed by atoms with Crippen molar-refractivity contribution in [2.75, 3.05) is 13.7 Å². The zero-order valence-electron chi connectivity index (χ0n) is 8.26. The SMILES string of the molecule is CN(C1CCOC1=O)[Si](C)(C)C. The van der Waals surface area contributed by atoms with Gasteiger partial charge in [-0.3, -0.25) is 4.79 Å². The molecular weight excluding hydrogens is 170 g/mol. The molecule has 1 rings (SSSR count). The van der Waals surface area contributed by atoms with Crippen LogP contribution in [0.15, 0.2) is 0 Å². The molecule has 4 heteroatoms. The number of carbonyl (C=O) groups excluding carboxylic acids is 1. The van der Waals surface area contributed by atoms with Crippen molar-refractivity contribution in [2.24, 2.45) is 0 Å². The first-order valence-electron chi connectivity index (χ1n) is 4.32. The largest absolute Gasteiger partial charge is 0.464 e. The highest BCUT2D eigenvalue weighted by Gasteiger charge is 2.36. The van der Waals surface area contributed by atoms with Crippen LogP contribution in [0.1, 0.15) is 6.42 Å². The van der Waals surface area contributed by atoms with E-state index < -0.39 is 8.24 Å². The second-order valence-electron chi connectivity index (χ2n) is 4.25. The van der Waals surface area contributed by atoms with Crippen molar-refractivity contribution in [1.29, 1.82) is 0 Å². The van der Waals surface area contributed by atoms with Crippen molar-refractivity contribution in [2.45, 2.75) is 32.1 Å². The molecule has 1 atom stereocenters. The Bertz CT molecular complexity index is 188. The summed E-state index contributed by atoms with van der Waals surface area (Å²) < 4.78 is 7.13. The maximum Gasteiger partial charge on any atom is 0.322 e. The van der Waals surface area contributed by atoms with E-state index in [1.807, 2.05) is 7.05 Å². The van der Waals surface area contributed by atoms with Crippen LogP contribution in [0.3, 0.4) is 0 Å². The molecule has 1 heterocycles. The highest BCUT2D eigenvalue weighted by molar-refractivity contribution is 6.73. The lowest BCUT2D eigenvalue weighted by Crippen LogP contribution is -2.50. The van der Waals surface area contributed by atoms with E-state index in [2.05, 4.69) is 24.2 Å². The second kappa shape index (κ2) is 3.18. The maximum absolute atomic E-state index is 11.2. The number of esters is 1. The number of likely N-dealkylation sites (N-methyl/N-ethyl adjacent to an activating group) is 1. The fourth-order valence-electron chi connectivity index (χ4n) is 1.30. The van der Waals surface area contributed by atoms with E-state index in [0.717, 1.165) is 6.42 Å². The van der Waals surface area contributed by atoms with Crippen LogP contribution >= 0.6 is 0 Å². The van der Waals surface area contributed by atoms with Crippen LogP contribution in [-0.2, 0) is 9.53 Å². The molecule has 0 radical (unpaired) electrons. The Morgan fingerprint density at radius 2 is 2.08 bits per heavy atom. The lowest BCUT2D eigenvalue weighted by Gasteiger charge is -2.32. The highest BCUT2D eigenvalue weighted by Crippen LogP contribution is 2.18. The molecule has 0 aliphatic carbocycles. The molecule has 70 valence electrons. The van der Waals surface area contributed by atoms with E-state index in [4.69, 9.17) is 4.74 Å². The van der Waals surface area contributed by atoms with Gasteiger partial charge in [-0.1, -0.05) is 19.6 Å². The molecule has 0 amide bonds. The lowest BCUT2D eigenvalue weighted by atomic mass is 10.3. The summed E-state index contributed by atoms with van der Waals surface area (Å²) in [5.41, 5.74) is 0. The summed E-state index contributed by atoms with van der Waals surface area (Å²) in [5.74, 6) is -0.0417. The monoisotopic (exact) mass is 187 g/mol. The topological polar surface area (TPSA) is 29.5 Å². The van der Waals surface area contributed by atoms with E-state index in [0.29, 0.717) is 6.61 Å². The Hall–Kier alpha value is -0.353. The number of nitrogens with zero attached hydrogens (tertiary/aromatic N) is 1. The van der Waals surface area contributed by atoms with Crippen LogP contribution < -0.4 is 0 Å². The summed E-state index contributed by atoms with van der Waals surface area (Å²) >= 11 is 0. The van der Waals surface area contributed by atoms with Crippen molar-refractivity contribution in [3.63, 3.8) is 0 Å². The number of cyclic esters (lactones) is 1. The number of hydrogen-bond donors (Lipinski definition) is 0. The molecule has 1 aliphatic heterocycles. The van der Waals surface area contributed by atoms with Crippen LogP contribution in [0.2, 0.25) is 19.6 Å². The minimum absolute atomic E-state index is 0.0247. The molecule has 3 nitrogen and oxygen atoms in total. The molecule has 1 aliphatic rings. The molecule has 0 bridgehead atoms. The number of carbonyl (C=O) groups is 1. The Kier molecular flexibility index (Phi) is 2.58. The zero-order valence-corrected chi connectivity index (χ0v) is 9.26. The first-order valence-corrected chi connectivity index (χ1v) is 7.77. The fourth-order valence-corrected chi connectivity index (χ4v) is 2.47. The molecule has 0 spiro atoms. The van der Waals surface area contributed by atoms with Gasteiger partial charge < -0.3 is 9.30 Å². The zero-order chi connectivity index (χ0) is 9.35. The standard InChI is InChI=1S/C8H17NO2Si/c1-9(12(2,3)4)7-5-6-11-8(7)10/h7H,5-6H2,1-4H3. The third-order valence-corrected chi connectivity index (χ3v) is 4.86. The Morgan fingerprint density at radius 1 is 1.50 bits per heavy atom. The lowest BCUT2D eigenvalue weighted by molar-refractivity contribution is -0.140. The van der Waals surface area contributed by atoms with Crippen molar-refractivity contribution in [1.82, 2.24) is 4.57 Å². The smallest absolute Gasteiger partial charge is 0.322 e. The van der Waals surface area contributed by atoms with Crippen molar-refractivity contribution >= 4 is 14.2 Å². The van der Waals surface area contributed by atoms with Crippen LogP contribution in [0, 0.1) is 0 Å². The molecular formula is C8H17NO2Si. The van der Waals surface area contributed by atoms with Crippen molar-refractivity contribution in [3.8, 4) is 0 Å². The third-order valence-electron chi connectivity index (χ3n) is 2.43. The van der Waals surface area contributed by atoms with Gasteiger partial charge in [-0.15, -0.1) is 0 Å². The minimum atomic E-state index is -1.33. The van der Waals surface area contributed by atoms with Crippen LogP contribution in [0.25, 0.3) is 0 Å². The molecule has 0 aromatic heterocycles. The van der Waals surface area contributed by atoms with Gasteiger partial charge in [-0.05, 0) is 7.05 Å². The van der Waals surface area contributed by atoms with Crippen LogP contribution in [0.4, 0.5) is 0 Å². The van der Waals surface area contributed by atoms with Gasteiger partial charge in [0.15, 0.2) is 0 Å². The quantitative estimate of drug-likeness (QED) is 0.478. The van der Waals surface area contributed by atoms with Crippen molar-refractivity contribution < 1.29 is 9.53 Å². The number of rotatable bonds is 2. The third kappa shape index (κ3) is 1.87. The summed E-state index contributed by atoms with van der Waals surface area (Å²) in [6, 6.07) is 0.0247. The summed E-state index contributed by atoms with van der Waals surface area (Å²) in [6.07, 6.45) is 0.861. The molecule has 0 N–H and O–H groups in total. The minimum Gasteiger partial charge on any atom is -0.464 e. The van der Waals surface area contributed by atoms with E-state index in [9.17, 15) is 4.79 Å². The predicted molar refractivity (Wildman–Crippen MR) is 50.5 cm³/mol. The normalized spacial score (nSPS) is 24.8. The Balaban J connectivity index is 2.63. The molecule has 1 fully saturated rings. The summed E-state index contributed by atoms with van der Waals surface area (Å²) in [4.78, 5) is 11.2. The molecule has 1 saturated heterocycles. The second-order valence-corrected chi connectivity index (χ2v) is 9.30. The molecule has 0 aromatic rings. The Labute approximate surface area is 74.8 Å². The molecule has 12 heavy (non-hydrogen) atoms. The first-order chi connectivity index (χ1) is 5.43. The van der Waals surface area contributed by atoms with Gasteiger partial charge in [0.2, 0.25) is 0 Å². The van der Waals surface area contributed by atoms with Gasteiger partial charge in [0, 0.05) is 6.42 Å². The fraction of sp³-hybridized carbons (Fsp3) is 0.875. The summed E-state index contributed by atoms with van der Waals surface area (Å²) in [7, 11) is 0.696. The highest BCUT2D eigenvalue weighted by atomic mass is 28.3. The summed E-state index contributed by atoms with van der Waals surface area (Å²) in [5, 5.41) is 0. The Morgan fingerprint density at radius 3 is 2.42 bits per heavy atom. The molecule has 1 unspecified atom stereocenters. The average molecular weight is 187 g/mol. The number of hydrogen-bond acceptors (Lipinski definition) is 3. The van der Waals surface area contributed by atoms with Gasteiger partial charge in [-0.25, -0.2) is 0 Å².